The summed E-state index contributed by atoms with van der Waals surface area (Å²) < 4.78 is 7.08. The number of amides is 1. The van der Waals surface area contributed by atoms with Crippen molar-refractivity contribution < 1.29 is 14.5 Å². The Bertz CT molecular complexity index is 1280. The van der Waals surface area contributed by atoms with Gasteiger partial charge in [0.1, 0.15) is 17.4 Å². The smallest absolute Gasteiger partial charge is 0.269 e. The number of non-ortho nitro benzene ring substituents is 1. The summed E-state index contributed by atoms with van der Waals surface area (Å²) in [5, 5.41) is 23.4. The number of hydrogen-bond acceptors (Lipinski definition) is 5. The van der Waals surface area contributed by atoms with Gasteiger partial charge in [-0.1, -0.05) is 12.1 Å². The summed E-state index contributed by atoms with van der Waals surface area (Å²) in [6, 6.07) is 15.8. The maximum atomic E-state index is 12.6. The number of nitrogens with zero attached hydrogens (tertiary/aromatic N) is 3. The van der Waals surface area contributed by atoms with Gasteiger partial charge >= 0.3 is 0 Å². The topological polar surface area (TPSA) is 110 Å². The number of benzene rings is 2. The molecule has 0 aliphatic carbocycles. The first-order valence-corrected chi connectivity index (χ1v) is 10.2. The number of methoxy groups -OCH3 is 1. The highest BCUT2D eigenvalue weighted by Gasteiger charge is 2.16. The molecule has 0 fully saturated rings. The molecule has 3 aromatic rings. The summed E-state index contributed by atoms with van der Waals surface area (Å²) in [6.45, 7) is 5.87. The van der Waals surface area contributed by atoms with Gasteiger partial charge in [-0.3, -0.25) is 14.9 Å². The van der Waals surface area contributed by atoms with E-state index in [1.54, 1.807) is 31.4 Å². The Labute approximate surface area is 191 Å². The monoisotopic (exact) mass is 444 g/mol. The zero-order chi connectivity index (χ0) is 24.1. The third-order valence-electron chi connectivity index (χ3n) is 5.38. The first-order valence-electron chi connectivity index (χ1n) is 10.2. The molecule has 1 aromatic heterocycles. The Morgan fingerprint density at radius 1 is 1.18 bits per heavy atom. The molecule has 0 atom stereocenters. The average molecular weight is 444 g/mol. The quantitative estimate of drug-likeness (QED) is 0.249. The fraction of sp³-hybridized carbons (Fsp3) is 0.200. The molecule has 0 aliphatic rings. The third-order valence-corrected chi connectivity index (χ3v) is 5.38. The number of nitrogens with one attached hydrogen (secondary N) is 1. The lowest BCUT2D eigenvalue weighted by atomic mass is 10.1. The SMILES string of the molecule is COc1ccc(CNC(=O)/C(C#N)=C\c2cc(C)n(-c3ccc([N+](=O)[O-])cc3C)c2C)cc1. The number of nitriles is 1. The van der Waals surface area contributed by atoms with Gasteiger partial charge in [0.25, 0.3) is 11.6 Å². The van der Waals surface area contributed by atoms with Gasteiger partial charge in [-0.25, -0.2) is 0 Å². The van der Waals surface area contributed by atoms with Crippen molar-refractivity contribution in [3.63, 3.8) is 0 Å². The number of carbonyl (C=O) groups is 1. The van der Waals surface area contributed by atoms with E-state index in [-0.39, 0.29) is 17.8 Å². The van der Waals surface area contributed by atoms with Crippen LogP contribution in [0.5, 0.6) is 5.75 Å². The van der Waals surface area contributed by atoms with Crippen LogP contribution in [-0.2, 0) is 11.3 Å². The number of carbonyl (C=O) groups excluding carboxylic acids is 1. The predicted molar refractivity (Wildman–Crippen MR) is 125 cm³/mol. The minimum atomic E-state index is -0.468. The Kier molecular flexibility index (Phi) is 6.94. The summed E-state index contributed by atoms with van der Waals surface area (Å²) in [7, 11) is 1.58. The van der Waals surface area contributed by atoms with Gasteiger partial charge in [0.15, 0.2) is 0 Å². The molecule has 3 rings (SSSR count). The second-order valence-electron chi connectivity index (χ2n) is 7.59. The molecule has 0 saturated carbocycles. The predicted octanol–water partition coefficient (Wildman–Crippen LogP) is 4.54. The van der Waals surface area contributed by atoms with E-state index in [0.717, 1.165) is 39.5 Å². The van der Waals surface area contributed by atoms with E-state index in [0.29, 0.717) is 0 Å². The van der Waals surface area contributed by atoms with Crippen molar-refractivity contribution in [2.45, 2.75) is 27.3 Å². The molecule has 0 unspecified atom stereocenters. The first-order chi connectivity index (χ1) is 15.7. The maximum Gasteiger partial charge on any atom is 0.269 e. The van der Waals surface area contributed by atoms with E-state index < -0.39 is 10.8 Å². The average Bonchev–Trinajstić information content (AvgIpc) is 3.08. The van der Waals surface area contributed by atoms with Crippen molar-refractivity contribution in [2.75, 3.05) is 7.11 Å². The molecule has 8 nitrogen and oxygen atoms in total. The second kappa shape index (κ2) is 9.83. The zero-order valence-electron chi connectivity index (χ0n) is 18.9. The van der Waals surface area contributed by atoms with Crippen molar-refractivity contribution in [1.82, 2.24) is 9.88 Å². The molecular weight excluding hydrogens is 420 g/mol. The fourth-order valence-electron chi connectivity index (χ4n) is 3.63. The van der Waals surface area contributed by atoms with Crippen LogP contribution < -0.4 is 10.1 Å². The molecule has 0 spiro atoms. The largest absolute Gasteiger partial charge is 0.497 e. The van der Waals surface area contributed by atoms with Crippen LogP contribution in [0, 0.1) is 42.2 Å². The molecule has 1 amide bonds. The van der Waals surface area contributed by atoms with Crippen LogP contribution >= 0.6 is 0 Å². The Morgan fingerprint density at radius 2 is 1.88 bits per heavy atom. The van der Waals surface area contributed by atoms with Crippen LogP contribution in [0.2, 0.25) is 0 Å². The van der Waals surface area contributed by atoms with Crippen molar-refractivity contribution in [3.05, 3.63) is 92.3 Å². The van der Waals surface area contributed by atoms with Crippen molar-refractivity contribution >= 4 is 17.7 Å². The van der Waals surface area contributed by atoms with E-state index in [9.17, 15) is 20.2 Å². The van der Waals surface area contributed by atoms with Gasteiger partial charge in [-0.05, 0) is 67.8 Å². The minimum Gasteiger partial charge on any atom is -0.497 e. The van der Waals surface area contributed by atoms with Gasteiger partial charge in [-0.15, -0.1) is 0 Å². The number of rotatable bonds is 7. The standard InChI is InChI=1S/C25H24N4O4/c1-16-11-22(29(31)32)7-10-24(16)28-17(2)12-20(18(28)3)13-21(14-26)25(30)27-15-19-5-8-23(33-4)9-6-19/h5-13H,15H2,1-4H3,(H,27,30)/b21-13-. The number of aryl methyl sites for hydroxylation is 2. The lowest BCUT2D eigenvalue weighted by Crippen LogP contribution is -2.23. The molecule has 1 heterocycles. The van der Waals surface area contributed by atoms with E-state index >= 15 is 0 Å². The first kappa shape index (κ1) is 23.3. The molecule has 0 radical (unpaired) electrons. The lowest BCUT2D eigenvalue weighted by Gasteiger charge is -2.12. The van der Waals surface area contributed by atoms with Crippen LogP contribution in [-0.4, -0.2) is 22.5 Å². The summed E-state index contributed by atoms with van der Waals surface area (Å²) in [4.78, 5) is 23.2. The van der Waals surface area contributed by atoms with Crippen molar-refractivity contribution in [1.29, 1.82) is 5.26 Å². The highest BCUT2D eigenvalue weighted by Crippen LogP contribution is 2.27. The van der Waals surface area contributed by atoms with Crippen molar-refractivity contribution in [2.24, 2.45) is 0 Å². The second-order valence-corrected chi connectivity index (χ2v) is 7.59. The molecule has 8 heteroatoms. The Hall–Kier alpha value is -4.38. The van der Waals surface area contributed by atoms with E-state index in [1.807, 2.05) is 49.6 Å². The van der Waals surface area contributed by atoms with Crippen LogP contribution in [0.3, 0.4) is 0 Å². The Balaban J connectivity index is 1.85. The number of aromatic nitrogens is 1. The minimum absolute atomic E-state index is 0.0100. The lowest BCUT2D eigenvalue weighted by molar-refractivity contribution is -0.384. The number of nitro benzene ring substituents is 1. The number of ether oxygens (including phenoxy) is 1. The molecule has 0 aliphatic heterocycles. The fourth-order valence-corrected chi connectivity index (χ4v) is 3.63. The Morgan fingerprint density at radius 3 is 2.45 bits per heavy atom. The third kappa shape index (κ3) is 5.10. The van der Waals surface area contributed by atoms with Crippen LogP contribution in [0.4, 0.5) is 5.69 Å². The molecule has 0 bridgehead atoms. The zero-order valence-corrected chi connectivity index (χ0v) is 18.9. The maximum absolute atomic E-state index is 12.6. The molecule has 1 N–H and O–H groups in total. The molecule has 2 aromatic carbocycles. The summed E-state index contributed by atoms with van der Waals surface area (Å²) in [6.07, 6.45) is 1.56. The van der Waals surface area contributed by atoms with Crippen LogP contribution in [0.1, 0.15) is 28.1 Å². The van der Waals surface area contributed by atoms with Gasteiger partial charge in [0, 0.05) is 35.8 Å². The highest BCUT2D eigenvalue weighted by molar-refractivity contribution is 6.01. The van der Waals surface area contributed by atoms with Crippen molar-refractivity contribution in [3.8, 4) is 17.5 Å². The summed E-state index contributed by atoms with van der Waals surface area (Å²) in [5.41, 5.74) is 4.88. The molecular formula is C25H24N4O4. The summed E-state index contributed by atoms with van der Waals surface area (Å²) >= 11 is 0. The summed E-state index contributed by atoms with van der Waals surface area (Å²) in [5.74, 6) is 0.255. The van der Waals surface area contributed by atoms with E-state index in [1.165, 1.54) is 12.1 Å². The highest BCUT2D eigenvalue weighted by atomic mass is 16.6. The van der Waals surface area contributed by atoms with Gasteiger partial charge < -0.3 is 14.6 Å². The molecule has 0 saturated heterocycles. The van der Waals surface area contributed by atoms with Gasteiger partial charge in [0.2, 0.25) is 0 Å². The van der Waals surface area contributed by atoms with Gasteiger partial charge in [0.05, 0.1) is 12.0 Å². The molecule has 33 heavy (non-hydrogen) atoms. The molecule has 168 valence electrons. The number of hydrogen-bond donors (Lipinski definition) is 1. The van der Waals surface area contributed by atoms with Gasteiger partial charge in [-0.2, -0.15) is 5.26 Å². The normalized spacial score (nSPS) is 11.1. The van der Waals surface area contributed by atoms with E-state index in [4.69, 9.17) is 4.74 Å². The van der Waals surface area contributed by atoms with Crippen LogP contribution in [0.25, 0.3) is 11.8 Å². The van der Waals surface area contributed by atoms with E-state index in [2.05, 4.69) is 5.32 Å². The number of nitro groups is 1. The van der Waals surface area contributed by atoms with Crippen LogP contribution in [0.15, 0.2) is 54.1 Å².